The molecule has 0 spiro atoms. The van der Waals surface area contributed by atoms with Crippen molar-refractivity contribution in [1.82, 2.24) is 15.0 Å². The van der Waals surface area contributed by atoms with Crippen LogP contribution in [0.4, 0.5) is 11.8 Å². The lowest BCUT2D eigenvalue weighted by molar-refractivity contribution is 0.00446. The Morgan fingerprint density at radius 3 is 2.77 bits per heavy atom. The molecule has 4 rings (SSSR count). The van der Waals surface area contributed by atoms with E-state index in [1.807, 2.05) is 25.1 Å². The molecule has 166 valence electrons. The third kappa shape index (κ3) is 4.39. The third-order valence-corrected chi connectivity index (χ3v) is 6.60. The van der Waals surface area contributed by atoms with Crippen molar-refractivity contribution in [2.24, 2.45) is 5.92 Å². The number of aliphatic hydroxyl groups excluding tert-OH is 3. The normalized spacial score (nSPS) is 23.4. The molecule has 0 aliphatic heterocycles. The van der Waals surface area contributed by atoms with Crippen molar-refractivity contribution in [1.29, 1.82) is 0 Å². The average Bonchev–Trinajstić information content (AvgIpc) is 3.27. The highest BCUT2D eigenvalue weighted by Gasteiger charge is 2.41. The van der Waals surface area contributed by atoms with E-state index < -0.39 is 24.2 Å². The SMILES string of the molecule is CCCOc1ccc2nc(-c3c(Cl)nc(N)nc3N[C@@H]3C[C@H](CO)[C@@H](O)[C@H]3O)sc2c1. The third-order valence-electron chi connectivity index (χ3n) is 5.29. The summed E-state index contributed by atoms with van der Waals surface area (Å²) < 4.78 is 6.62. The summed E-state index contributed by atoms with van der Waals surface area (Å²) in [6.45, 7) is 2.45. The minimum absolute atomic E-state index is 0.0284. The van der Waals surface area contributed by atoms with Crippen molar-refractivity contribution in [2.45, 2.75) is 38.0 Å². The summed E-state index contributed by atoms with van der Waals surface area (Å²) in [7, 11) is 0. The Bertz CT molecular complexity index is 1080. The number of ether oxygens (including phenoxy) is 1. The molecule has 0 radical (unpaired) electrons. The summed E-state index contributed by atoms with van der Waals surface area (Å²) >= 11 is 7.83. The van der Waals surface area contributed by atoms with Crippen LogP contribution >= 0.6 is 22.9 Å². The second-order valence-electron chi connectivity index (χ2n) is 7.50. The first-order chi connectivity index (χ1) is 14.9. The Hall–Kier alpha value is -2.24. The number of rotatable bonds is 7. The molecule has 1 saturated carbocycles. The number of thiazole rings is 1. The van der Waals surface area contributed by atoms with Gasteiger partial charge in [-0.1, -0.05) is 18.5 Å². The van der Waals surface area contributed by atoms with Gasteiger partial charge in [0.05, 0.1) is 34.5 Å². The Morgan fingerprint density at radius 1 is 1.26 bits per heavy atom. The van der Waals surface area contributed by atoms with Crippen molar-refractivity contribution >= 4 is 44.9 Å². The fraction of sp³-hybridized carbons (Fsp3) is 0.450. The van der Waals surface area contributed by atoms with Crippen LogP contribution in [0.15, 0.2) is 18.2 Å². The Kier molecular flexibility index (Phi) is 6.44. The zero-order valence-electron chi connectivity index (χ0n) is 16.8. The summed E-state index contributed by atoms with van der Waals surface area (Å²) in [5.74, 6) is 0.614. The molecule has 2 heterocycles. The molecule has 0 saturated heterocycles. The van der Waals surface area contributed by atoms with Gasteiger partial charge in [-0.15, -0.1) is 11.3 Å². The fourth-order valence-electron chi connectivity index (χ4n) is 3.69. The standard InChI is InChI=1S/C20H24ClN5O4S/c1-2-5-30-10-3-4-11-13(7-10)31-19(24-11)14-17(21)25-20(22)26-18(14)23-12-6-9(8-27)15(28)16(12)29/h3-4,7,9,12,15-16,27-29H,2,5-6,8H2,1H3,(H3,22,23,25,26)/t9-,12-,15-,16+/m1/s1. The molecule has 4 atom stereocenters. The highest BCUT2D eigenvalue weighted by molar-refractivity contribution is 7.21. The number of hydrogen-bond acceptors (Lipinski definition) is 10. The Morgan fingerprint density at radius 2 is 2.06 bits per heavy atom. The van der Waals surface area contributed by atoms with Crippen LogP contribution in [0.25, 0.3) is 20.8 Å². The van der Waals surface area contributed by atoms with Gasteiger partial charge >= 0.3 is 0 Å². The van der Waals surface area contributed by atoms with E-state index in [-0.39, 0.29) is 17.7 Å². The van der Waals surface area contributed by atoms with Crippen molar-refractivity contribution in [2.75, 3.05) is 24.3 Å². The first-order valence-corrected chi connectivity index (χ1v) is 11.2. The molecule has 1 aromatic carbocycles. The molecule has 2 aromatic heterocycles. The van der Waals surface area contributed by atoms with Crippen molar-refractivity contribution in [3.05, 3.63) is 23.4 Å². The number of benzene rings is 1. The van der Waals surface area contributed by atoms with Gasteiger partial charge in [-0.25, -0.2) is 9.97 Å². The minimum atomic E-state index is -1.08. The number of nitrogens with one attached hydrogen (secondary N) is 1. The van der Waals surface area contributed by atoms with Gasteiger partial charge in [-0.2, -0.15) is 4.98 Å². The lowest BCUT2D eigenvalue weighted by Crippen LogP contribution is -2.35. The highest BCUT2D eigenvalue weighted by Crippen LogP contribution is 2.40. The number of nitrogens with zero attached hydrogens (tertiary/aromatic N) is 3. The van der Waals surface area contributed by atoms with Crippen LogP contribution in [0.1, 0.15) is 19.8 Å². The van der Waals surface area contributed by atoms with Crippen LogP contribution in [0.5, 0.6) is 5.75 Å². The summed E-state index contributed by atoms with van der Waals surface area (Å²) in [6, 6.07) is 5.13. The smallest absolute Gasteiger partial charge is 0.223 e. The summed E-state index contributed by atoms with van der Waals surface area (Å²) in [4.78, 5) is 13.0. The average molecular weight is 466 g/mol. The Labute approximate surface area is 187 Å². The molecule has 0 unspecified atom stereocenters. The summed E-state index contributed by atoms with van der Waals surface area (Å²) in [6.07, 6.45) is -0.839. The van der Waals surface area contributed by atoms with Crippen LogP contribution in [0, 0.1) is 5.92 Å². The van der Waals surface area contributed by atoms with Gasteiger partial charge in [0.2, 0.25) is 5.95 Å². The predicted octanol–water partition coefficient (Wildman–Crippen LogP) is 2.29. The molecule has 0 bridgehead atoms. The molecule has 31 heavy (non-hydrogen) atoms. The zero-order valence-corrected chi connectivity index (χ0v) is 18.4. The number of nitrogen functional groups attached to an aromatic ring is 1. The van der Waals surface area contributed by atoms with E-state index in [4.69, 9.17) is 22.1 Å². The van der Waals surface area contributed by atoms with Gasteiger partial charge in [0.15, 0.2) is 0 Å². The van der Waals surface area contributed by atoms with Crippen LogP contribution in [0.2, 0.25) is 5.15 Å². The summed E-state index contributed by atoms with van der Waals surface area (Å²) in [5.41, 5.74) is 7.04. The van der Waals surface area contributed by atoms with Crippen molar-refractivity contribution in [3.8, 4) is 16.3 Å². The monoisotopic (exact) mass is 465 g/mol. The van der Waals surface area contributed by atoms with Crippen LogP contribution < -0.4 is 15.8 Å². The van der Waals surface area contributed by atoms with Gasteiger partial charge in [0, 0.05) is 12.5 Å². The molecule has 0 amide bonds. The molecule has 1 aliphatic carbocycles. The molecule has 9 nitrogen and oxygen atoms in total. The largest absolute Gasteiger partial charge is 0.494 e. The van der Waals surface area contributed by atoms with Crippen molar-refractivity contribution in [3.63, 3.8) is 0 Å². The van der Waals surface area contributed by atoms with Crippen LogP contribution in [-0.4, -0.2) is 61.7 Å². The highest BCUT2D eigenvalue weighted by atomic mass is 35.5. The van der Waals surface area contributed by atoms with E-state index in [9.17, 15) is 15.3 Å². The van der Waals surface area contributed by atoms with Crippen molar-refractivity contribution < 1.29 is 20.1 Å². The van der Waals surface area contributed by atoms with E-state index in [0.717, 1.165) is 22.4 Å². The number of anilines is 2. The van der Waals surface area contributed by atoms with Crippen LogP contribution in [0.3, 0.4) is 0 Å². The van der Waals surface area contributed by atoms with E-state index in [1.165, 1.54) is 11.3 Å². The topological polar surface area (TPSA) is 147 Å². The molecule has 6 N–H and O–H groups in total. The number of aliphatic hydroxyl groups is 3. The zero-order chi connectivity index (χ0) is 22.1. The maximum atomic E-state index is 10.4. The maximum absolute atomic E-state index is 10.4. The van der Waals surface area contributed by atoms with Gasteiger partial charge in [-0.3, -0.25) is 0 Å². The van der Waals surface area contributed by atoms with Gasteiger partial charge in [-0.05, 0) is 31.0 Å². The second kappa shape index (κ2) is 9.09. The van der Waals surface area contributed by atoms with Gasteiger partial charge in [0.1, 0.15) is 27.8 Å². The fourth-order valence-corrected chi connectivity index (χ4v) is 5.05. The predicted molar refractivity (Wildman–Crippen MR) is 120 cm³/mol. The van der Waals surface area contributed by atoms with E-state index in [0.29, 0.717) is 29.4 Å². The quantitative estimate of drug-likeness (QED) is 0.331. The first kappa shape index (κ1) is 22.0. The number of fused-ring (bicyclic) bond motifs is 1. The number of hydrogen-bond donors (Lipinski definition) is 5. The molecular formula is C20H24ClN5O4S. The van der Waals surface area contributed by atoms with Gasteiger partial charge in [0.25, 0.3) is 0 Å². The number of aromatic nitrogens is 3. The van der Waals surface area contributed by atoms with E-state index in [1.54, 1.807) is 0 Å². The minimum Gasteiger partial charge on any atom is -0.494 e. The van der Waals surface area contributed by atoms with E-state index >= 15 is 0 Å². The molecule has 1 aliphatic rings. The molecule has 1 fully saturated rings. The molecule has 11 heteroatoms. The number of nitrogens with two attached hydrogens (primary N) is 1. The maximum Gasteiger partial charge on any atom is 0.223 e. The second-order valence-corrected chi connectivity index (χ2v) is 8.89. The lowest BCUT2D eigenvalue weighted by Gasteiger charge is -2.20. The van der Waals surface area contributed by atoms with Crippen LogP contribution in [-0.2, 0) is 0 Å². The lowest BCUT2D eigenvalue weighted by atomic mass is 10.1. The Balaban J connectivity index is 1.70. The van der Waals surface area contributed by atoms with Gasteiger partial charge < -0.3 is 31.1 Å². The molecule has 3 aromatic rings. The first-order valence-electron chi connectivity index (χ1n) is 10.0. The molecular weight excluding hydrogens is 442 g/mol. The number of halogens is 1. The van der Waals surface area contributed by atoms with E-state index in [2.05, 4.69) is 20.3 Å². The summed E-state index contributed by atoms with van der Waals surface area (Å²) in [5, 5.41) is 33.8.